The molecule has 0 amide bonds. The monoisotopic (exact) mass is 232 g/mol. The topological polar surface area (TPSA) is 61.1 Å². The van der Waals surface area contributed by atoms with Gasteiger partial charge in [-0.15, -0.1) is 0 Å². The van der Waals surface area contributed by atoms with Gasteiger partial charge in [0.1, 0.15) is 6.29 Å². The molecule has 1 heterocycles. The Balaban J connectivity index is 3.01. The number of nitrogens with zero attached hydrogens (tertiary/aromatic N) is 2. The Hall–Kier alpha value is -2.17. The van der Waals surface area contributed by atoms with Crippen molar-refractivity contribution in [3.63, 3.8) is 0 Å². The Morgan fingerprint density at radius 1 is 1.29 bits per heavy atom. The van der Waals surface area contributed by atoms with Crippen LogP contribution < -0.4 is 11.2 Å². The van der Waals surface area contributed by atoms with Crippen LogP contribution in [-0.2, 0) is 18.4 Å². The van der Waals surface area contributed by atoms with Crippen molar-refractivity contribution in [2.24, 2.45) is 7.05 Å². The smallest absolute Gasteiger partial charge is 0.301 e. The Kier molecular flexibility index (Phi) is 2.67. The number of benzene rings is 1. The third kappa shape index (κ3) is 1.69. The first-order valence-electron chi connectivity index (χ1n) is 5.20. The molecule has 1 aromatic carbocycles. The molecule has 0 fully saturated rings. The summed E-state index contributed by atoms with van der Waals surface area (Å²) in [7, 11) is 1.58. The van der Waals surface area contributed by atoms with Crippen LogP contribution in [0.3, 0.4) is 0 Å². The van der Waals surface area contributed by atoms with E-state index in [2.05, 4.69) is 0 Å². The molecular weight excluding hydrogens is 220 g/mol. The van der Waals surface area contributed by atoms with Gasteiger partial charge in [-0.1, -0.05) is 11.6 Å². The van der Waals surface area contributed by atoms with Gasteiger partial charge in [0.2, 0.25) is 0 Å². The lowest BCUT2D eigenvalue weighted by atomic mass is 10.1. The minimum atomic E-state index is -0.474. The number of aldehydes is 1. The van der Waals surface area contributed by atoms with Crippen molar-refractivity contribution in [3.8, 4) is 0 Å². The predicted octanol–water partition coefficient (Wildman–Crippen LogP) is 0.208. The van der Waals surface area contributed by atoms with Crippen LogP contribution in [0.5, 0.6) is 0 Å². The Morgan fingerprint density at radius 2 is 2.00 bits per heavy atom. The largest absolute Gasteiger partial charge is 0.331 e. The van der Waals surface area contributed by atoms with Gasteiger partial charge >= 0.3 is 5.69 Å². The standard InChI is InChI=1S/C12H12N2O3/c1-8-3-4-10-9(7-8)11(16)14(5-6-15)12(17)13(10)2/h3-4,6-7H,5H2,1-2H3. The fraction of sp³-hybridized carbons (Fsp3) is 0.250. The molecule has 5 heteroatoms. The molecule has 0 saturated carbocycles. The van der Waals surface area contributed by atoms with Crippen LogP contribution in [0.1, 0.15) is 5.56 Å². The minimum absolute atomic E-state index is 0.213. The summed E-state index contributed by atoms with van der Waals surface area (Å²) < 4.78 is 2.31. The van der Waals surface area contributed by atoms with Crippen LogP contribution in [0.15, 0.2) is 27.8 Å². The van der Waals surface area contributed by atoms with E-state index >= 15 is 0 Å². The molecule has 0 aliphatic carbocycles. The van der Waals surface area contributed by atoms with E-state index in [0.29, 0.717) is 17.2 Å². The summed E-state index contributed by atoms with van der Waals surface area (Å²) in [5, 5.41) is 0.453. The van der Waals surface area contributed by atoms with Gasteiger partial charge in [-0.05, 0) is 19.1 Å². The molecule has 1 aromatic heterocycles. The van der Waals surface area contributed by atoms with E-state index in [-0.39, 0.29) is 6.54 Å². The van der Waals surface area contributed by atoms with Crippen LogP contribution in [0, 0.1) is 6.92 Å². The molecule has 0 aliphatic heterocycles. The van der Waals surface area contributed by atoms with Crippen LogP contribution in [0.25, 0.3) is 10.9 Å². The molecule has 0 atom stereocenters. The number of aromatic nitrogens is 2. The summed E-state index contributed by atoms with van der Waals surface area (Å²) in [5.74, 6) is 0. The first kappa shape index (κ1) is 11.3. The predicted molar refractivity (Wildman–Crippen MR) is 64.3 cm³/mol. The zero-order valence-electron chi connectivity index (χ0n) is 9.64. The molecule has 0 unspecified atom stereocenters. The number of carbonyl (C=O) groups is 1. The average Bonchev–Trinajstić information content (AvgIpc) is 2.32. The van der Waals surface area contributed by atoms with E-state index in [0.717, 1.165) is 10.1 Å². The molecular formula is C12H12N2O3. The number of hydrogen-bond acceptors (Lipinski definition) is 3. The fourth-order valence-electron chi connectivity index (χ4n) is 1.87. The SMILES string of the molecule is Cc1ccc2c(c1)c(=O)n(CC=O)c(=O)n2C. The first-order chi connectivity index (χ1) is 8.06. The average molecular weight is 232 g/mol. The zero-order valence-corrected chi connectivity index (χ0v) is 9.64. The van der Waals surface area contributed by atoms with Gasteiger partial charge in [-0.3, -0.25) is 13.9 Å². The third-order valence-corrected chi connectivity index (χ3v) is 2.76. The molecule has 5 nitrogen and oxygen atoms in total. The van der Waals surface area contributed by atoms with Gasteiger partial charge in [0.15, 0.2) is 0 Å². The second-order valence-corrected chi connectivity index (χ2v) is 3.94. The number of fused-ring (bicyclic) bond motifs is 1. The van der Waals surface area contributed by atoms with Crippen molar-refractivity contribution >= 4 is 17.2 Å². The van der Waals surface area contributed by atoms with Gasteiger partial charge in [0.05, 0.1) is 17.4 Å². The second kappa shape index (κ2) is 4.01. The van der Waals surface area contributed by atoms with E-state index in [4.69, 9.17) is 0 Å². The highest BCUT2D eigenvalue weighted by molar-refractivity contribution is 5.78. The van der Waals surface area contributed by atoms with Crippen molar-refractivity contribution in [1.82, 2.24) is 9.13 Å². The molecule has 17 heavy (non-hydrogen) atoms. The van der Waals surface area contributed by atoms with Gasteiger partial charge in [0.25, 0.3) is 5.56 Å². The molecule has 2 rings (SSSR count). The van der Waals surface area contributed by atoms with Crippen molar-refractivity contribution in [2.75, 3.05) is 0 Å². The number of rotatable bonds is 2. The first-order valence-corrected chi connectivity index (χ1v) is 5.20. The van der Waals surface area contributed by atoms with Crippen LogP contribution in [0.2, 0.25) is 0 Å². The molecule has 0 radical (unpaired) electrons. The summed E-state index contributed by atoms with van der Waals surface area (Å²) in [6, 6.07) is 5.29. The summed E-state index contributed by atoms with van der Waals surface area (Å²) in [4.78, 5) is 34.4. The maximum absolute atomic E-state index is 12.0. The van der Waals surface area contributed by atoms with Crippen LogP contribution in [-0.4, -0.2) is 15.4 Å². The summed E-state index contributed by atoms with van der Waals surface area (Å²) in [6.45, 7) is 1.66. The minimum Gasteiger partial charge on any atom is -0.301 e. The normalized spacial score (nSPS) is 10.7. The lowest BCUT2D eigenvalue weighted by Crippen LogP contribution is -2.39. The highest BCUT2D eigenvalue weighted by atomic mass is 16.2. The highest BCUT2D eigenvalue weighted by Gasteiger charge is 2.10. The number of carbonyl (C=O) groups excluding carboxylic acids is 1. The van der Waals surface area contributed by atoms with Gasteiger partial charge < -0.3 is 4.79 Å². The molecule has 0 saturated heterocycles. The Bertz CT molecular complexity index is 710. The number of hydrogen-bond donors (Lipinski definition) is 0. The van der Waals surface area contributed by atoms with Crippen molar-refractivity contribution in [1.29, 1.82) is 0 Å². The zero-order chi connectivity index (χ0) is 12.6. The number of aryl methyl sites for hydroxylation is 2. The summed E-state index contributed by atoms with van der Waals surface area (Å²) in [5.41, 5.74) is 0.621. The lowest BCUT2D eigenvalue weighted by molar-refractivity contribution is -0.108. The van der Waals surface area contributed by atoms with Crippen molar-refractivity contribution in [3.05, 3.63) is 44.6 Å². The van der Waals surface area contributed by atoms with E-state index in [9.17, 15) is 14.4 Å². The maximum atomic E-state index is 12.0. The Labute approximate surface area is 96.9 Å². The van der Waals surface area contributed by atoms with Crippen LogP contribution >= 0.6 is 0 Å². The summed E-state index contributed by atoms with van der Waals surface area (Å²) in [6.07, 6.45) is 0.546. The molecule has 2 aromatic rings. The third-order valence-electron chi connectivity index (χ3n) is 2.76. The van der Waals surface area contributed by atoms with E-state index in [1.165, 1.54) is 4.57 Å². The summed E-state index contributed by atoms with van der Waals surface area (Å²) >= 11 is 0. The highest BCUT2D eigenvalue weighted by Crippen LogP contribution is 2.09. The van der Waals surface area contributed by atoms with E-state index in [1.807, 2.05) is 13.0 Å². The van der Waals surface area contributed by atoms with E-state index < -0.39 is 11.2 Å². The fourth-order valence-corrected chi connectivity index (χ4v) is 1.87. The van der Waals surface area contributed by atoms with E-state index in [1.54, 1.807) is 19.2 Å². The van der Waals surface area contributed by atoms with Gasteiger partial charge in [-0.2, -0.15) is 0 Å². The second-order valence-electron chi connectivity index (χ2n) is 3.94. The lowest BCUT2D eigenvalue weighted by Gasteiger charge is -2.08. The molecule has 0 bridgehead atoms. The maximum Gasteiger partial charge on any atom is 0.331 e. The molecule has 88 valence electrons. The van der Waals surface area contributed by atoms with Crippen molar-refractivity contribution in [2.45, 2.75) is 13.5 Å². The molecule has 0 aliphatic rings. The van der Waals surface area contributed by atoms with Crippen molar-refractivity contribution < 1.29 is 4.79 Å². The molecule has 0 N–H and O–H groups in total. The molecule has 0 spiro atoms. The van der Waals surface area contributed by atoms with Gasteiger partial charge in [0, 0.05) is 7.05 Å². The quantitative estimate of drug-likeness (QED) is 0.695. The van der Waals surface area contributed by atoms with Crippen LogP contribution in [0.4, 0.5) is 0 Å². The Morgan fingerprint density at radius 3 is 2.65 bits per heavy atom. The van der Waals surface area contributed by atoms with Gasteiger partial charge in [-0.25, -0.2) is 4.79 Å².